The molecule has 0 aliphatic carbocycles. The van der Waals surface area contributed by atoms with Crippen LogP contribution in [0.4, 0.5) is 10.6 Å². The molecular weight excluding hydrogens is 658 g/mol. The van der Waals surface area contributed by atoms with Crippen molar-refractivity contribution in [3.05, 3.63) is 59.8 Å². The summed E-state index contributed by atoms with van der Waals surface area (Å²) in [4.78, 5) is 83.0. The Kier molecular flexibility index (Phi) is 15.4. The number of carboxylic acid groups (broad SMARTS) is 1. The van der Waals surface area contributed by atoms with Crippen molar-refractivity contribution < 1.29 is 43.3 Å². The minimum Gasteiger partial charge on any atom is -0.480 e. The van der Waals surface area contributed by atoms with E-state index in [-0.39, 0.29) is 49.9 Å². The van der Waals surface area contributed by atoms with Gasteiger partial charge in [0.15, 0.2) is 0 Å². The Labute approximate surface area is 299 Å². The van der Waals surface area contributed by atoms with Crippen LogP contribution in [0, 0.1) is 5.92 Å². The van der Waals surface area contributed by atoms with Crippen LogP contribution in [0.3, 0.4) is 0 Å². The zero-order chi connectivity index (χ0) is 37.6. The molecule has 1 aliphatic rings. The summed E-state index contributed by atoms with van der Waals surface area (Å²) in [5, 5.41) is 18.2. The summed E-state index contributed by atoms with van der Waals surface area (Å²) in [5.41, 5.74) is 0.747. The molecule has 1 unspecified atom stereocenters. The van der Waals surface area contributed by atoms with E-state index in [1.807, 2.05) is 25.1 Å². The SMILES string of the molecule is CC[C@H](C)[C@H](NC(=O)CCCCCNC(=O)OC(C)(C)C)C(=O)N[C@@H](CCC(=O)OCc1ccccc1)C(=O)N1c2ncccc2CC1C(=O)O. The summed E-state index contributed by atoms with van der Waals surface area (Å²) >= 11 is 0. The van der Waals surface area contributed by atoms with Crippen LogP contribution in [-0.4, -0.2) is 76.1 Å². The highest BCUT2D eigenvalue weighted by Gasteiger charge is 2.43. The van der Waals surface area contributed by atoms with Crippen LogP contribution in [0.2, 0.25) is 0 Å². The van der Waals surface area contributed by atoms with E-state index in [1.165, 1.54) is 6.20 Å². The summed E-state index contributed by atoms with van der Waals surface area (Å²) in [6, 6.07) is 8.82. The number of esters is 1. The Morgan fingerprint density at radius 2 is 1.71 bits per heavy atom. The fourth-order valence-electron chi connectivity index (χ4n) is 5.51. The van der Waals surface area contributed by atoms with Crippen LogP contribution >= 0.6 is 0 Å². The number of nitrogens with one attached hydrogen (secondary N) is 3. The predicted octanol–water partition coefficient (Wildman–Crippen LogP) is 4.05. The van der Waals surface area contributed by atoms with E-state index >= 15 is 0 Å². The zero-order valence-corrected chi connectivity index (χ0v) is 30.1. The molecule has 0 spiro atoms. The number of amides is 4. The Bertz CT molecular complexity index is 1510. The van der Waals surface area contributed by atoms with E-state index < -0.39 is 53.6 Å². The molecule has 1 aromatic heterocycles. The summed E-state index contributed by atoms with van der Waals surface area (Å²) in [5.74, 6) is -3.71. The number of benzene rings is 1. The van der Waals surface area contributed by atoms with Crippen LogP contribution in [0.25, 0.3) is 0 Å². The van der Waals surface area contributed by atoms with Gasteiger partial charge in [-0.15, -0.1) is 0 Å². The third kappa shape index (κ3) is 13.0. The quantitative estimate of drug-likeness (QED) is 0.130. The summed E-state index contributed by atoms with van der Waals surface area (Å²) in [7, 11) is 0. The Morgan fingerprint density at radius 1 is 0.980 bits per heavy atom. The van der Waals surface area contributed by atoms with E-state index in [1.54, 1.807) is 52.0 Å². The van der Waals surface area contributed by atoms with E-state index in [9.17, 15) is 33.9 Å². The number of fused-ring (bicyclic) bond motifs is 1. The number of carbonyl (C=O) groups is 6. The standard InChI is InChI=1S/C37H51N5O9/c1-6-24(2)31(41-29(43)17-11-8-12-20-39-36(49)51-37(3,4)5)33(45)40-27(18-19-30(44)50-23-25-14-9-7-10-15-25)34(46)42-28(35(47)48)22-26-16-13-21-38-32(26)42/h7,9-10,13-16,21,24,27-28,31H,6,8,11-12,17-20,22-23H2,1-5H3,(H,39,49)(H,40,45)(H,41,43)(H,47,48)/t24-,27-,28?,31-/m0/s1. The number of aromatic nitrogens is 1. The molecule has 0 radical (unpaired) electrons. The lowest BCUT2D eigenvalue weighted by Crippen LogP contribution is -2.58. The fraction of sp³-hybridized carbons (Fsp3) is 0.541. The number of ether oxygens (including phenoxy) is 2. The highest BCUT2D eigenvalue weighted by Crippen LogP contribution is 2.31. The average molecular weight is 710 g/mol. The normalized spacial score (nSPS) is 15.5. The molecule has 51 heavy (non-hydrogen) atoms. The number of hydrogen-bond donors (Lipinski definition) is 4. The predicted molar refractivity (Wildman–Crippen MR) is 188 cm³/mol. The second kappa shape index (κ2) is 19.4. The Morgan fingerprint density at radius 3 is 2.37 bits per heavy atom. The first kappa shape index (κ1) is 40.4. The summed E-state index contributed by atoms with van der Waals surface area (Å²) < 4.78 is 10.6. The van der Waals surface area contributed by atoms with Gasteiger partial charge in [0, 0.05) is 32.0 Å². The molecule has 278 valence electrons. The van der Waals surface area contributed by atoms with Crippen molar-refractivity contribution in [2.24, 2.45) is 5.92 Å². The lowest BCUT2D eigenvalue weighted by atomic mass is 9.97. The molecule has 4 amide bonds. The van der Waals surface area contributed by atoms with Crippen LogP contribution in [0.15, 0.2) is 48.7 Å². The van der Waals surface area contributed by atoms with Gasteiger partial charge in [-0.1, -0.05) is 63.1 Å². The molecule has 0 bridgehead atoms. The van der Waals surface area contributed by atoms with Gasteiger partial charge in [-0.05, 0) is 63.1 Å². The van der Waals surface area contributed by atoms with Gasteiger partial charge in [-0.2, -0.15) is 0 Å². The number of anilines is 1. The van der Waals surface area contributed by atoms with Crippen molar-refractivity contribution in [2.45, 2.75) is 116 Å². The van der Waals surface area contributed by atoms with E-state index in [4.69, 9.17) is 9.47 Å². The molecule has 1 aliphatic heterocycles. The molecule has 4 N–H and O–H groups in total. The minimum atomic E-state index is -1.32. The lowest BCUT2D eigenvalue weighted by molar-refractivity contribution is -0.146. The second-order valence-corrected chi connectivity index (χ2v) is 13.7. The molecule has 1 aromatic carbocycles. The fourth-order valence-corrected chi connectivity index (χ4v) is 5.51. The largest absolute Gasteiger partial charge is 0.480 e. The maximum absolute atomic E-state index is 14.1. The van der Waals surface area contributed by atoms with Crippen molar-refractivity contribution in [2.75, 3.05) is 11.4 Å². The number of unbranched alkanes of at least 4 members (excludes halogenated alkanes) is 2. The number of rotatable bonds is 18. The van der Waals surface area contributed by atoms with Gasteiger partial charge in [0.1, 0.15) is 36.2 Å². The lowest BCUT2D eigenvalue weighted by Gasteiger charge is -2.30. The zero-order valence-electron chi connectivity index (χ0n) is 30.1. The van der Waals surface area contributed by atoms with Crippen LogP contribution in [0.5, 0.6) is 0 Å². The highest BCUT2D eigenvalue weighted by atomic mass is 16.6. The van der Waals surface area contributed by atoms with Crippen molar-refractivity contribution in [1.82, 2.24) is 20.9 Å². The first-order chi connectivity index (χ1) is 24.2. The van der Waals surface area contributed by atoms with Gasteiger partial charge < -0.3 is 30.5 Å². The topological polar surface area (TPSA) is 193 Å². The highest BCUT2D eigenvalue weighted by molar-refractivity contribution is 6.05. The molecule has 4 atom stereocenters. The van der Waals surface area contributed by atoms with Gasteiger partial charge in [-0.25, -0.2) is 14.6 Å². The molecule has 0 fully saturated rings. The number of alkyl carbamates (subject to hydrolysis) is 1. The molecule has 0 saturated heterocycles. The number of carbonyl (C=O) groups excluding carboxylic acids is 5. The monoisotopic (exact) mass is 709 g/mol. The third-order valence-corrected chi connectivity index (χ3v) is 8.40. The van der Waals surface area contributed by atoms with Crippen LogP contribution in [-0.2, 0) is 46.5 Å². The number of carboxylic acids is 1. The molecule has 2 aromatic rings. The summed E-state index contributed by atoms with van der Waals surface area (Å²) in [6.45, 7) is 9.41. The third-order valence-electron chi connectivity index (χ3n) is 8.40. The van der Waals surface area contributed by atoms with Gasteiger partial charge in [-0.3, -0.25) is 24.1 Å². The number of hydrogen-bond acceptors (Lipinski definition) is 9. The van der Waals surface area contributed by atoms with Crippen molar-refractivity contribution in [1.29, 1.82) is 0 Å². The molecule has 2 heterocycles. The summed E-state index contributed by atoms with van der Waals surface area (Å²) in [6.07, 6.45) is 3.02. The maximum Gasteiger partial charge on any atom is 0.407 e. The van der Waals surface area contributed by atoms with Crippen LogP contribution < -0.4 is 20.9 Å². The van der Waals surface area contributed by atoms with E-state index in [2.05, 4.69) is 20.9 Å². The molecule has 14 heteroatoms. The number of aliphatic carboxylic acids is 1. The van der Waals surface area contributed by atoms with E-state index in [0.717, 1.165) is 10.5 Å². The van der Waals surface area contributed by atoms with Gasteiger partial charge >= 0.3 is 18.0 Å². The average Bonchev–Trinajstić information content (AvgIpc) is 3.48. The molecule has 3 rings (SSSR count). The minimum absolute atomic E-state index is 0.0253. The smallest absolute Gasteiger partial charge is 0.407 e. The van der Waals surface area contributed by atoms with Gasteiger partial charge in [0.2, 0.25) is 11.8 Å². The Balaban J connectivity index is 1.68. The Hall–Kier alpha value is -5.01. The van der Waals surface area contributed by atoms with Gasteiger partial charge in [0.25, 0.3) is 5.91 Å². The van der Waals surface area contributed by atoms with Crippen LogP contribution in [0.1, 0.15) is 90.7 Å². The van der Waals surface area contributed by atoms with E-state index in [0.29, 0.717) is 37.8 Å². The van der Waals surface area contributed by atoms with Gasteiger partial charge in [0.05, 0.1) is 0 Å². The first-order valence-electron chi connectivity index (χ1n) is 17.5. The number of nitrogens with zero attached hydrogens (tertiary/aromatic N) is 2. The van der Waals surface area contributed by atoms with Crippen molar-refractivity contribution in [3.8, 4) is 0 Å². The van der Waals surface area contributed by atoms with Crippen molar-refractivity contribution >= 4 is 41.6 Å². The van der Waals surface area contributed by atoms with Crippen molar-refractivity contribution in [3.63, 3.8) is 0 Å². The molecule has 14 nitrogen and oxygen atoms in total. The molecule has 0 saturated carbocycles. The maximum atomic E-state index is 14.1. The first-order valence-corrected chi connectivity index (χ1v) is 17.5. The second-order valence-electron chi connectivity index (χ2n) is 13.7. The number of pyridine rings is 1. The molecular formula is C37H51N5O9.